The SMILES string of the molecule is CC(=O)N(c1nc2c(ncn2[C@@H]2O[C@H](CO)[C@@H](O)[C@H]2O)c(=O)[nH]1)[C@@H]1c2ccccc2-c2ccccc2[C@H]1NS(C)(=O)=O. The molecule has 6 atom stereocenters. The zero-order valence-corrected chi connectivity index (χ0v) is 23.3. The van der Waals surface area contributed by atoms with E-state index in [9.17, 15) is 33.3 Å². The Morgan fingerprint density at radius 3 is 2.36 bits per heavy atom. The van der Waals surface area contributed by atoms with E-state index in [1.165, 1.54) is 22.7 Å². The smallest absolute Gasteiger partial charge is 0.280 e. The van der Waals surface area contributed by atoms with Crippen molar-refractivity contribution in [3.63, 3.8) is 0 Å². The van der Waals surface area contributed by atoms with Crippen LogP contribution in [0.1, 0.15) is 36.4 Å². The lowest BCUT2D eigenvalue weighted by atomic mass is 9.79. The van der Waals surface area contributed by atoms with Crippen molar-refractivity contribution in [2.45, 2.75) is 43.5 Å². The molecule has 6 rings (SSSR count). The van der Waals surface area contributed by atoms with Gasteiger partial charge in [0.15, 0.2) is 17.4 Å². The van der Waals surface area contributed by atoms with Crippen molar-refractivity contribution < 1.29 is 33.3 Å². The van der Waals surface area contributed by atoms with Crippen molar-refractivity contribution in [3.8, 4) is 11.1 Å². The maximum atomic E-state index is 13.4. The summed E-state index contributed by atoms with van der Waals surface area (Å²) in [5.41, 5.74) is 1.91. The van der Waals surface area contributed by atoms with Crippen LogP contribution >= 0.6 is 0 Å². The van der Waals surface area contributed by atoms with E-state index in [-0.39, 0.29) is 17.1 Å². The number of imidazole rings is 1. The third-order valence-corrected chi connectivity index (χ3v) is 8.26. The van der Waals surface area contributed by atoms with Crippen molar-refractivity contribution in [2.75, 3.05) is 17.8 Å². The van der Waals surface area contributed by atoms with Crippen LogP contribution in [0.25, 0.3) is 22.3 Å². The number of ether oxygens (including phenoxy) is 1. The van der Waals surface area contributed by atoms with Crippen LogP contribution in [0.2, 0.25) is 0 Å². The van der Waals surface area contributed by atoms with Gasteiger partial charge in [-0.2, -0.15) is 4.98 Å². The molecule has 5 N–H and O–H groups in total. The Morgan fingerprint density at radius 1 is 1.10 bits per heavy atom. The third-order valence-electron chi connectivity index (χ3n) is 7.58. The molecule has 2 aromatic carbocycles. The molecule has 15 heteroatoms. The zero-order valence-electron chi connectivity index (χ0n) is 22.4. The molecule has 3 heterocycles. The fourth-order valence-corrected chi connectivity index (χ4v) is 6.53. The van der Waals surface area contributed by atoms with Gasteiger partial charge in [-0.1, -0.05) is 48.5 Å². The number of carbonyl (C=O) groups is 1. The van der Waals surface area contributed by atoms with Gasteiger partial charge in [0.2, 0.25) is 21.9 Å². The normalized spacial score (nSPS) is 25.3. The molecule has 4 aromatic rings. The molecule has 2 aliphatic rings. The monoisotopic (exact) mass is 596 g/mol. The highest BCUT2D eigenvalue weighted by molar-refractivity contribution is 7.88. The number of hydrogen-bond donors (Lipinski definition) is 5. The van der Waals surface area contributed by atoms with E-state index in [0.717, 1.165) is 17.4 Å². The van der Waals surface area contributed by atoms with Crippen LogP contribution in [-0.4, -0.2) is 80.3 Å². The number of aromatic amines is 1. The molecule has 1 amide bonds. The molecule has 1 aliphatic carbocycles. The number of aliphatic hydroxyl groups is 3. The van der Waals surface area contributed by atoms with E-state index < -0.39 is 64.7 Å². The van der Waals surface area contributed by atoms with Crippen LogP contribution in [0.5, 0.6) is 0 Å². The topological polar surface area (TPSA) is 200 Å². The number of aromatic nitrogens is 4. The van der Waals surface area contributed by atoms with Gasteiger partial charge in [0, 0.05) is 6.92 Å². The molecule has 2 aromatic heterocycles. The van der Waals surface area contributed by atoms with E-state index in [2.05, 4.69) is 19.7 Å². The van der Waals surface area contributed by atoms with Gasteiger partial charge in [0.1, 0.15) is 18.3 Å². The summed E-state index contributed by atoms with van der Waals surface area (Å²) in [4.78, 5) is 39.1. The Bertz CT molecular complexity index is 1860. The minimum absolute atomic E-state index is 0.0630. The first kappa shape index (κ1) is 28.1. The Morgan fingerprint density at radius 2 is 1.74 bits per heavy atom. The van der Waals surface area contributed by atoms with Gasteiger partial charge in [-0.3, -0.25) is 24.0 Å². The number of nitrogens with zero attached hydrogens (tertiary/aromatic N) is 4. The number of fused-ring (bicyclic) bond motifs is 4. The van der Waals surface area contributed by atoms with Crippen molar-refractivity contribution in [2.24, 2.45) is 0 Å². The highest BCUT2D eigenvalue weighted by Crippen LogP contribution is 2.48. The van der Waals surface area contributed by atoms with Crippen LogP contribution in [0.3, 0.4) is 0 Å². The summed E-state index contributed by atoms with van der Waals surface area (Å²) in [7, 11) is -3.80. The van der Waals surface area contributed by atoms with Gasteiger partial charge >= 0.3 is 0 Å². The van der Waals surface area contributed by atoms with Crippen molar-refractivity contribution in [1.29, 1.82) is 0 Å². The zero-order chi connectivity index (χ0) is 29.9. The number of H-pyrrole nitrogens is 1. The molecule has 220 valence electrons. The molecule has 1 fully saturated rings. The third kappa shape index (κ3) is 4.59. The van der Waals surface area contributed by atoms with Gasteiger partial charge in [-0.25, -0.2) is 18.1 Å². The van der Waals surface area contributed by atoms with E-state index in [0.29, 0.717) is 11.1 Å². The van der Waals surface area contributed by atoms with E-state index in [1.807, 2.05) is 24.3 Å². The second-order valence-electron chi connectivity index (χ2n) is 10.3. The van der Waals surface area contributed by atoms with Gasteiger partial charge in [-0.15, -0.1) is 0 Å². The largest absolute Gasteiger partial charge is 0.394 e. The molecular formula is C27H28N6O8S. The van der Waals surface area contributed by atoms with Gasteiger partial charge in [-0.05, 0) is 22.3 Å². The second-order valence-corrected chi connectivity index (χ2v) is 12.1. The summed E-state index contributed by atoms with van der Waals surface area (Å²) >= 11 is 0. The number of rotatable bonds is 6. The lowest BCUT2D eigenvalue weighted by Gasteiger charge is -2.40. The van der Waals surface area contributed by atoms with E-state index >= 15 is 0 Å². The first-order valence-electron chi connectivity index (χ1n) is 13.0. The van der Waals surface area contributed by atoms with Crippen molar-refractivity contribution in [3.05, 3.63) is 76.3 Å². The fraction of sp³-hybridized carbons (Fsp3) is 0.333. The van der Waals surface area contributed by atoms with Crippen LogP contribution in [0.4, 0.5) is 5.95 Å². The van der Waals surface area contributed by atoms with Crippen LogP contribution in [0.15, 0.2) is 59.7 Å². The molecule has 0 unspecified atom stereocenters. The second kappa shape index (κ2) is 10.4. The highest BCUT2D eigenvalue weighted by Gasteiger charge is 2.45. The van der Waals surface area contributed by atoms with Crippen LogP contribution < -0.4 is 15.2 Å². The van der Waals surface area contributed by atoms with Crippen molar-refractivity contribution >= 4 is 33.0 Å². The molecular weight excluding hydrogens is 568 g/mol. The maximum Gasteiger partial charge on any atom is 0.280 e. The summed E-state index contributed by atoms with van der Waals surface area (Å²) in [6.45, 7) is 0.712. The number of amides is 1. The van der Waals surface area contributed by atoms with E-state index in [1.54, 1.807) is 24.3 Å². The Balaban J connectivity index is 1.55. The summed E-state index contributed by atoms with van der Waals surface area (Å²) in [6.07, 6.45) is -2.98. The molecule has 1 saturated heterocycles. The maximum absolute atomic E-state index is 13.4. The summed E-state index contributed by atoms with van der Waals surface area (Å²) in [5, 5.41) is 30.4. The van der Waals surface area contributed by atoms with Crippen LogP contribution in [0, 0.1) is 0 Å². The number of hydrogen-bond acceptors (Lipinski definition) is 10. The Labute approximate surface area is 239 Å². The Hall–Kier alpha value is -3.99. The first-order chi connectivity index (χ1) is 20.0. The number of anilines is 1. The molecule has 0 spiro atoms. The van der Waals surface area contributed by atoms with Gasteiger partial charge in [0.25, 0.3) is 5.56 Å². The molecule has 0 bridgehead atoms. The number of benzene rings is 2. The lowest BCUT2D eigenvalue weighted by Crippen LogP contribution is -2.45. The lowest BCUT2D eigenvalue weighted by molar-refractivity contribution is -0.117. The number of aliphatic hydroxyl groups excluding tert-OH is 3. The standard InChI is InChI=1S/C27H28N6O8S/c1-13(35)33(21-17-10-6-4-8-15(17)14-7-3-5-9-16(14)19(21)31-42(2,39)40)27-29-24-20(25(38)30-27)28-12-32(24)26-23(37)22(36)18(11-34)41-26/h3-10,12,18-19,21-23,26,31,34,36-37H,11H2,1-2H3,(H,29,30,38)/t18-,19-,21-,22-,23-,26-/m1/s1. The minimum atomic E-state index is -3.80. The van der Waals surface area contributed by atoms with Crippen LogP contribution in [-0.2, 0) is 19.6 Å². The average Bonchev–Trinajstić information content (AvgIpc) is 3.50. The average molecular weight is 597 g/mol. The highest BCUT2D eigenvalue weighted by atomic mass is 32.2. The number of sulfonamides is 1. The minimum Gasteiger partial charge on any atom is -0.394 e. The quantitative estimate of drug-likeness (QED) is 0.203. The van der Waals surface area contributed by atoms with Gasteiger partial charge in [0.05, 0.1) is 31.3 Å². The number of nitrogens with one attached hydrogen (secondary N) is 2. The summed E-state index contributed by atoms with van der Waals surface area (Å²) in [5.74, 6) is -0.746. The first-order valence-corrected chi connectivity index (χ1v) is 14.9. The summed E-state index contributed by atoms with van der Waals surface area (Å²) < 4.78 is 34.8. The fourth-order valence-electron chi connectivity index (χ4n) is 5.81. The van der Waals surface area contributed by atoms with Gasteiger partial charge < -0.3 is 20.1 Å². The van der Waals surface area contributed by atoms with Crippen molar-refractivity contribution in [1.82, 2.24) is 24.2 Å². The molecule has 1 aliphatic heterocycles. The van der Waals surface area contributed by atoms with E-state index in [4.69, 9.17) is 4.74 Å². The predicted octanol–water partition coefficient (Wildman–Crippen LogP) is 0.0962. The molecule has 14 nitrogen and oxygen atoms in total. The molecule has 42 heavy (non-hydrogen) atoms. The summed E-state index contributed by atoms with van der Waals surface area (Å²) in [6, 6.07) is 12.6. The Kier molecular flexibility index (Phi) is 6.95. The molecule has 0 radical (unpaired) electrons. The molecule has 0 saturated carbocycles. The predicted molar refractivity (Wildman–Crippen MR) is 150 cm³/mol. The number of carbonyl (C=O) groups excluding carboxylic acids is 1.